The predicted molar refractivity (Wildman–Crippen MR) is 70.0 cm³/mol. The molecule has 1 heteroatoms. The third kappa shape index (κ3) is 1.55. The summed E-state index contributed by atoms with van der Waals surface area (Å²) in [4.78, 5) is 2.59. The van der Waals surface area contributed by atoms with Gasteiger partial charge in [0.25, 0.3) is 0 Å². The summed E-state index contributed by atoms with van der Waals surface area (Å²) in [5, 5.41) is 0. The smallest absolute Gasteiger partial charge is 0.0431 e. The van der Waals surface area contributed by atoms with Crippen LogP contribution < -0.4 is 4.90 Å². The third-order valence-corrected chi connectivity index (χ3v) is 3.71. The summed E-state index contributed by atoms with van der Waals surface area (Å²) in [6, 6.07) is 4.77. The summed E-state index contributed by atoms with van der Waals surface area (Å²) in [5.41, 5.74) is 6.12. The zero-order valence-electron chi connectivity index (χ0n) is 10.00. The molecule has 0 saturated carbocycles. The van der Waals surface area contributed by atoms with E-state index in [0.717, 1.165) is 0 Å². The van der Waals surface area contributed by atoms with Crippen molar-refractivity contribution in [1.29, 1.82) is 0 Å². The second-order valence-electron chi connectivity index (χ2n) is 4.88. The standard InChI is InChI=1S/C15H19N/c1-2-5-12-10-13-6-3-8-16-9-4-7-14(11-12)15(13)16/h2,5,10-11H,3-4,6-9H2,1H3/b5-2+. The van der Waals surface area contributed by atoms with E-state index in [0.29, 0.717) is 0 Å². The van der Waals surface area contributed by atoms with E-state index in [1.165, 1.54) is 44.3 Å². The van der Waals surface area contributed by atoms with Crippen LogP contribution in [-0.4, -0.2) is 13.1 Å². The minimum absolute atomic E-state index is 1.27. The maximum atomic E-state index is 2.59. The Morgan fingerprint density at radius 3 is 2.25 bits per heavy atom. The van der Waals surface area contributed by atoms with E-state index in [1.807, 2.05) is 0 Å². The first-order valence-corrected chi connectivity index (χ1v) is 6.42. The molecule has 0 saturated heterocycles. The Balaban J connectivity index is 2.13. The van der Waals surface area contributed by atoms with Gasteiger partial charge in [0.15, 0.2) is 0 Å². The molecule has 0 fully saturated rings. The Kier molecular flexibility index (Phi) is 2.47. The first-order chi connectivity index (χ1) is 7.88. The van der Waals surface area contributed by atoms with E-state index in [9.17, 15) is 0 Å². The lowest BCUT2D eigenvalue weighted by atomic mass is 9.90. The first-order valence-electron chi connectivity index (χ1n) is 6.42. The molecule has 0 bridgehead atoms. The molecular formula is C15H19N. The van der Waals surface area contributed by atoms with Crippen molar-refractivity contribution in [3.63, 3.8) is 0 Å². The van der Waals surface area contributed by atoms with Crippen LogP contribution in [0.4, 0.5) is 5.69 Å². The fraction of sp³-hybridized carbons (Fsp3) is 0.467. The average Bonchev–Trinajstić information content (AvgIpc) is 2.30. The Labute approximate surface area is 97.8 Å². The fourth-order valence-electron chi connectivity index (χ4n) is 3.12. The number of aryl methyl sites for hydroxylation is 2. The molecule has 2 heterocycles. The maximum absolute atomic E-state index is 2.59. The monoisotopic (exact) mass is 213 g/mol. The molecule has 0 amide bonds. The SMILES string of the molecule is C/C=C/c1cc2c3c(c1)CCCN3CCC2. The molecule has 0 atom stereocenters. The van der Waals surface area contributed by atoms with Gasteiger partial charge in [0.05, 0.1) is 0 Å². The Hall–Kier alpha value is -1.24. The summed E-state index contributed by atoms with van der Waals surface area (Å²) in [6.07, 6.45) is 9.55. The summed E-state index contributed by atoms with van der Waals surface area (Å²) in [7, 11) is 0. The zero-order valence-corrected chi connectivity index (χ0v) is 10.00. The van der Waals surface area contributed by atoms with Crippen LogP contribution in [-0.2, 0) is 12.8 Å². The van der Waals surface area contributed by atoms with Crippen molar-refractivity contribution in [2.45, 2.75) is 32.6 Å². The van der Waals surface area contributed by atoms with E-state index >= 15 is 0 Å². The van der Waals surface area contributed by atoms with Crippen molar-refractivity contribution >= 4 is 11.8 Å². The van der Waals surface area contributed by atoms with Crippen LogP contribution >= 0.6 is 0 Å². The maximum Gasteiger partial charge on any atom is 0.0431 e. The average molecular weight is 213 g/mol. The predicted octanol–water partition coefficient (Wildman–Crippen LogP) is 3.42. The van der Waals surface area contributed by atoms with E-state index in [-0.39, 0.29) is 0 Å². The number of benzene rings is 1. The van der Waals surface area contributed by atoms with Gasteiger partial charge in [0.1, 0.15) is 0 Å². The molecule has 2 aliphatic heterocycles. The van der Waals surface area contributed by atoms with E-state index in [4.69, 9.17) is 0 Å². The molecule has 2 aliphatic rings. The van der Waals surface area contributed by atoms with Crippen LogP contribution in [0, 0.1) is 0 Å². The molecule has 1 aromatic rings. The van der Waals surface area contributed by atoms with Gasteiger partial charge in [-0.05, 0) is 61.4 Å². The van der Waals surface area contributed by atoms with Crippen LogP contribution in [0.3, 0.4) is 0 Å². The molecule has 16 heavy (non-hydrogen) atoms. The lowest BCUT2D eigenvalue weighted by Crippen LogP contribution is -2.34. The van der Waals surface area contributed by atoms with Gasteiger partial charge in [0.2, 0.25) is 0 Å². The molecule has 84 valence electrons. The van der Waals surface area contributed by atoms with Crippen molar-refractivity contribution in [3.8, 4) is 0 Å². The molecule has 0 aliphatic carbocycles. The third-order valence-electron chi connectivity index (χ3n) is 3.71. The van der Waals surface area contributed by atoms with Gasteiger partial charge in [-0.1, -0.05) is 12.2 Å². The zero-order chi connectivity index (χ0) is 11.0. The highest BCUT2D eigenvalue weighted by Crippen LogP contribution is 2.36. The molecular weight excluding hydrogens is 194 g/mol. The lowest BCUT2D eigenvalue weighted by molar-refractivity contribution is 0.634. The second kappa shape index (κ2) is 3.97. The number of anilines is 1. The van der Waals surface area contributed by atoms with Gasteiger partial charge in [0, 0.05) is 18.8 Å². The summed E-state index contributed by atoms with van der Waals surface area (Å²) >= 11 is 0. The molecule has 1 nitrogen and oxygen atoms in total. The quantitative estimate of drug-likeness (QED) is 0.691. The molecule has 0 radical (unpaired) electrons. The minimum atomic E-state index is 1.27. The van der Waals surface area contributed by atoms with Gasteiger partial charge in [-0.2, -0.15) is 0 Å². The van der Waals surface area contributed by atoms with Gasteiger partial charge in [-0.25, -0.2) is 0 Å². The minimum Gasteiger partial charge on any atom is -0.371 e. The summed E-state index contributed by atoms with van der Waals surface area (Å²) < 4.78 is 0. The van der Waals surface area contributed by atoms with E-state index in [1.54, 1.807) is 16.8 Å². The number of hydrogen-bond donors (Lipinski definition) is 0. The van der Waals surface area contributed by atoms with Crippen LogP contribution in [0.25, 0.3) is 6.08 Å². The summed E-state index contributed by atoms with van der Waals surface area (Å²) in [6.45, 7) is 4.63. The van der Waals surface area contributed by atoms with Crippen molar-refractivity contribution in [2.75, 3.05) is 18.0 Å². The van der Waals surface area contributed by atoms with Gasteiger partial charge in [-0.3, -0.25) is 0 Å². The topological polar surface area (TPSA) is 3.24 Å². The number of hydrogen-bond acceptors (Lipinski definition) is 1. The Morgan fingerprint density at radius 1 is 1.06 bits per heavy atom. The van der Waals surface area contributed by atoms with Crippen LogP contribution in [0.5, 0.6) is 0 Å². The highest BCUT2D eigenvalue weighted by Gasteiger charge is 2.23. The summed E-state index contributed by atoms with van der Waals surface area (Å²) in [5.74, 6) is 0. The second-order valence-corrected chi connectivity index (χ2v) is 4.88. The van der Waals surface area contributed by atoms with E-state index in [2.05, 4.69) is 36.1 Å². The van der Waals surface area contributed by atoms with Crippen molar-refractivity contribution in [3.05, 3.63) is 34.9 Å². The lowest BCUT2D eigenvalue weighted by Gasteiger charge is -2.37. The molecule has 0 spiro atoms. The van der Waals surface area contributed by atoms with Crippen molar-refractivity contribution in [1.82, 2.24) is 0 Å². The first kappa shape index (κ1) is 9.95. The normalized spacial score (nSPS) is 18.9. The Bertz CT molecular complexity index is 400. The number of nitrogens with zero attached hydrogens (tertiary/aromatic N) is 1. The molecule has 0 aromatic heterocycles. The molecule has 1 aromatic carbocycles. The fourth-order valence-corrected chi connectivity index (χ4v) is 3.12. The van der Waals surface area contributed by atoms with Gasteiger partial charge < -0.3 is 4.90 Å². The van der Waals surface area contributed by atoms with Crippen molar-refractivity contribution in [2.24, 2.45) is 0 Å². The molecule has 3 rings (SSSR count). The van der Waals surface area contributed by atoms with E-state index < -0.39 is 0 Å². The van der Waals surface area contributed by atoms with Gasteiger partial charge in [-0.15, -0.1) is 0 Å². The highest BCUT2D eigenvalue weighted by atomic mass is 15.1. The molecule has 0 N–H and O–H groups in total. The van der Waals surface area contributed by atoms with Gasteiger partial charge >= 0.3 is 0 Å². The van der Waals surface area contributed by atoms with Crippen LogP contribution in [0.15, 0.2) is 18.2 Å². The van der Waals surface area contributed by atoms with Crippen molar-refractivity contribution < 1.29 is 0 Å². The number of allylic oxidation sites excluding steroid dienone is 1. The van der Waals surface area contributed by atoms with Crippen LogP contribution in [0.1, 0.15) is 36.5 Å². The molecule has 0 unspecified atom stereocenters. The number of rotatable bonds is 1. The van der Waals surface area contributed by atoms with Crippen LogP contribution in [0.2, 0.25) is 0 Å². The highest BCUT2D eigenvalue weighted by molar-refractivity contribution is 5.67. The largest absolute Gasteiger partial charge is 0.371 e. The Morgan fingerprint density at radius 2 is 1.69 bits per heavy atom.